The zero-order valence-electron chi connectivity index (χ0n) is 13.6. The summed E-state index contributed by atoms with van der Waals surface area (Å²) in [7, 11) is -1.50. The molecule has 2 aromatic heterocycles. The van der Waals surface area contributed by atoms with Crippen LogP contribution in [0.15, 0.2) is 22.8 Å². The van der Waals surface area contributed by atoms with Crippen molar-refractivity contribution in [2.45, 2.75) is 38.4 Å². The Balaban J connectivity index is 1.98. The second-order valence-electron chi connectivity index (χ2n) is 7.01. The minimum atomic E-state index is -2.58. The van der Waals surface area contributed by atoms with Gasteiger partial charge < -0.3 is 9.32 Å². The van der Waals surface area contributed by atoms with E-state index in [0.29, 0.717) is 17.1 Å². The van der Waals surface area contributed by atoms with E-state index in [1.807, 2.05) is 17.0 Å². The first-order chi connectivity index (χ1) is 10.7. The highest BCUT2D eigenvalue weighted by Crippen LogP contribution is 2.33. The van der Waals surface area contributed by atoms with E-state index in [9.17, 15) is 8.78 Å². The molecule has 0 spiro atoms. The minimum Gasteiger partial charge on any atom is -0.460 e. The molecular weight excluding hydrogens is 314 g/mol. The molecule has 0 atom stereocenters. The molecule has 0 radical (unpaired) electrons. The third kappa shape index (κ3) is 3.73. The normalized spacial score (nSPS) is 17.9. The number of piperidine rings is 1. The molecule has 0 amide bonds. The fourth-order valence-corrected chi connectivity index (χ4v) is 3.04. The summed E-state index contributed by atoms with van der Waals surface area (Å²) in [6.07, 6.45) is 1.30. The van der Waals surface area contributed by atoms with Crippen molar-refractivity contribution in [3.8, 4) is 11.5 Å². The van der Waals surface area contributed by atoms with Gasteiger partial charge in [0, 0.05) is 31.3 Å². The van der Waals surface area contributed by atoms with Crippen molar-refractivity contribution < 1.29 is 13.2 Å². The lowest BCUT2D eigenvalue weighted by atomic mass is 10.1. The molecule has 0 bridgehead atoms. The van der Waals surface area contributed by atoms with Gasteiger partial charge in [-0.05, 0) is 12.1 Å². The molecule has 3 heterocycles. The Labute approximate surface area is 135 Å². The van der Waals surface area contributed by atoms with E-state index in [1.165, 1.54) is 0 Å². The fourth-order valence-electron chi connectivity index (χ4n) is 2.53. The van der Waals surface area contributed by atoms with Gasteiger partial charge in [-0.3, -0.25) is 0 Å². The summed E-state index contributed by atoms with van der Waals surface area (Å²) in [6, 6.07) is 3.76. The molecule has 1 aliphatic rings. The second-order valence-corrected chi connectivity index (χ2v) is 11.8. The van der Waals surface area contributed by atoms with Gasteiger partial charge >= 0.3 is 0 Å². The number of aromatic nitrogens is 1. The summed E-state index contributed by atoms with van der Waals surface area (Å²) in [5, 5.41) is 0.909. The van der Waals surface area contributed by atoms with Crippen molar-refractivity contribution in [3.63, 3.8) is 0 Å². The number of hydrogen-bond acceptors (Lipinski definition) is 3. The Bertz CT molecular complexity index is 773. The average Bonchev–Trinajstić information content (AvgIpc) is 2.92. The standard InChI is InChI=1S/C17H20F2N2OSi/c1-23(2,3)11-5-14-12-13-4-10-22-15(13)16(20-14)21-8-6-17(18,19)7-9-21/h4,10,12H,6-9H2,1-3H3. The Morgan fingerprint density at radius 1 is 1.26 bits per heavy atom. The van der Waals surface area contributed by atoms with Gasteiger partial charge in [-0.15, -0.1) is 5.54 Å². The quantitative estimate of drug-likeness (QED) is 0.575. The van der Waals surface area contributed by atoms with Gasteiger partial charge in [-0.25, -0.2) is 13.8 Å². The third-order valence-corrected chi connectivity index (χ3v) is 4.65. The number of furan rings is 1. The molecule has 1 fully saturated rings. The summed E-state index contributed by atoms with van der Waals surface area (Å²) in [5.74, 6) is 1.20. The van der Waals surface area contributed by atoms with Crippen molar-refractivity contribution in [1.29, 1.82) is 0 Å². The van der Waals surface area contributed by atoms with Gasteiger partial charge in [-0.1, -0.05) is 25.6 Å². The van der Waals surface area contributed by atoms with Gasteiger partial charge in [0.1, 0.15) is 13.8 Å². The van der Waals surface area contributed by atoms with Crippen LogP contribution in [0.1, 0.15) is 18.5 Å². The lowest BCUT2D eigenvalue weighted by molar-refractivity contribution is -0.0221. The Morgan fingerprint density at radius 3 is 2.61 bits per heavy atom. The lowest BCUT2D eigenvalue weighted by Crippen LogP contribution is -2.39. The molecule has 0 N–H and O–H groups in total. The summed E-state index contributed by atoms with van der Waals surface area (Å²) in [6.45, 7) is 7.07. The Hall–Kier alpha value is -1.87. The van der Waals surface area contributed by atoms with Crippen molar-refractivity contribution in [1.82, 2.24) is 4.98 Å². The smallest absolute Gasteiger partial charge is 0.251 e. The second kappa shape index (κ2) is 5.64. The minimum absolute atomic E-state index is 0.151. The summed E-state index contributed by atoms with van der Waals surface area (Å²) >= 11 is 0. The van der Waals surface area contributed by atoms with E-state index in [-0.39, 0.29) is 25.9 Å². The number of halogens is 2. The van der Waals surface area contributed by atoms with Crippen LogP contribution >= 0.6 is 0 Å². The van der Waals surface area contributed by atoms with Crippen molar-refractivity contribution in [2.24, 2.45) is 0 Å². The summed E-state index contributed by atoms with van der Waals surface area (Å²) < 4.78 is 32.3. The van der Waals surface area contributed by atoms with Crippen molar-refractivity contribution in [2.75, 3.05) is 18.0 Å². The molecule has 0 saturated carbocycles. The first kappa shape index (κ1) is 16.0. The zero-order chi connectivity index (χ0) is 16.7. The highest BCUT2D eigenvalue weighted by molar-refractivity contribution is 6.83. The maximum absolute atomic E-state index is 13.4. The van der Waals surface area contributed by atoms with E-state index >= 15 is 0 Å². The SMILES string of the molecule is C[Si](C)(C)C#Cc1cc2ccoc2c(N2CCC(F)(F)CC2)n1. The molecule has 1 saturated heterocycles. The largest absolute Gasteiger partial charge is 0.460 e. The van der Waals surface area contributed by atoms with E-state index in [0.717, 1.165) is 5.39 Å². The van der Waals surface area contributed by atoms with Crippen LogP contribution in [0.4, 0.5) is 14.6 Å². The molecule has 3 rings (SSSR count). The van der Waals surface area contributed by atoms with Crippen LogP contribution in [0.5, 0.6) is 0 Å². The van der Waals surface area contributed by atoms with Gasteiger partial charge in [0.15, 0.2) is 11.4 Å². The number of rotatable bonds is 1. The lowest BCUT2D eigenvalue weighted by Gasteiger charge is -2.32. The van der Waals surface area contributed by atoms with Crippen LogP contribution in [-0.2, 0) is 0 Å². The highest BCUT2D eigenvalue weighted by Gasteiger charge is 2.35. The monoisotopic (exact) mass is 334 g/mol. The van der Waals surface area contributed by atoms with Gasteiger partial charge in [0.05, 0.1) is 6.26 Å². The Kier molecular flexibility index (Phi) is 3.92. The fraction of sp³-hybridized carbons (Fsp3) is 0.471. The maximum atomic E-state index is 13.4. The topological polar surface area (TPSA) is 29.3 Å². The average molecular weight is 334 g/mol. The predicted molar refractivity (Wildman–Crippen MR) is 90.6 cm³/mol. The van der Waals surface area contributed by atoms with Crippen LogP contribution in [-0.4, -0.2) is 32.1 Å². The van der Waals surface area contributed by atoms with E-state index in [2.05, 4.69) is 36.1 Å². The van der Waals surface area contributed by atoms with E-state index < -0.39 is 14.0 Å². The van der Waals surface area contributed by atoms with Gasteiger partial charge in [-0.2, -0.15) is 0 Å². The Morgan fingerprint density at radius 2 is 1.96 bits per heavy atom. The van der Waals surface area contributed by atoms with Crippen molar-refractivity contribution >= 4 is 24.9 Å². The molecule has 23 heavy (non-hydrogen) atoms. The van der Waals surface area contributed by atoms with Crippen LogP contribution in [0.25, 0.3) is 11.0 Å². The molecule has 0 aliphatic carbocycles. The predicted octanol–water partition coefficient (Wildman–Crippen LogP) is 4.29. The number of pyridine rings is 1. The van der Waals surface area contributed by atoms with Crippen LogP contribution in [0.2, 0.25) is 19.6 Å². The molecule has 122 valence electrons. The molecule has 0 aromatic carbocycles. The molecule has 3 nitrogen and oxygen atoms in total. The van der Waals surface area contributed by atoms with Gasteiger partial charge in [0.2, 0.25) is 0 Å². The number of fused-ring (bicyclic) bond motifs is 1. The molecular formula is C17H20F2N2OSi. The van der Waals surface area contributed by atoms with E-state index in [4.69, 9.17) is 4.42 Å². The number of anilines is 1. The molecule has 1 aliphatic heterocycles. The van der Waals surface area contributed by atoms with Crippen LogP contribution < -0.4 is 4.90 Å². The highest BCUT2D eigenvalue weighted by atomic mass is 28.3. The molecule has 6 heteroatoms. The summed E-state index contributed by atoms with van der Waals surface area (Å²) in [4.78, 5) is 6.46. The number of alkyl halides is 2. The molecule has 2 aromatic rings. The van der Waals surface area contributed by atoms with E-state index in [1.54, 1.807) is 6.26 Å². The number of nitrogens with zero attached hydrogens (tertiary/aromatic N) is 2. The van der Waals surface area contributed by atoms with Crippen molar-refractivity contribution in [3.05, 3.63) is 24.1 Å². The number of hydrogen-bond donors (Lipinski definition) is 0. The third-order valence-electron chi connectivity index (χ3n) is 3.78. The zero-order valence-corrected chi connectivity index (χ0v) is 14.6. The first-order valence-corrected chi connectivity index (χ1v) is 11.3. The van der Waals surface area contributed by atoms with Gasteiger partial charge in [0.25, 0.3) is 5.92 Å². The maximum Gasteiger partial charge on any atom is 0.251 e. The first-order valence-electron chi connectivity index (χ1n) is 7.78. The molecule has 0 unspecified atom stereocenters. The summed E-state index contributed by atoms with van der Waals surface area (Å²) in [5.41, 5.74) is 4.62. The van der Waals surface area contributed by atoms with Crippen LogP contribution in [0.3, 0.4) is 0 Å². The van der Waals surface area contributed by atoms with Crippen LogP contribution in [0, 0.1) is 11.5 Å².